The molecule has 0 spiro atoms. The summed E-state index contributed by atoms with van der Waals surface area (Å²) in [4.78, 5) is 12.1. The number of esters is 1. The SMILES string of the molecule is CCOc1c(CCOC(=O)c2ccccc2)cccc1OCc1ccccc1. The van der Waals surface area contributed by atoms with Crippen molar-refractivity contribution in [2.45, 2.75) is 20.0 Å². The minimum absolute atomic E-state index is 0.274. The van der Waals surface area contributed by atoms with Gasteiger partial charge < -0.3 is 14.2 Å². The molecule has 0 heterocycles. The van der Waals surface area contributed by atoms with Crippen molar-refractivity contribution >= 4 is 5.97 Å². The number of carbonyl (C=O) groups excluding carboxylic acids is 1. The number of ether oxygens (including phenoxy) is 3. The lowest BCUT2D eigenvalue weighted by atomic mass is 10.1. The summed E-state index contributed by atoms with van der Waals surface area (Å²) < 4.78 is 17.2. The predicted molar refractivity (Wildman–Crippen MR) is 109 cm³/mol. The molecule has 0 fully saturated rings. The Morgan fingerprint density at radius 3 is 2.25 bits per heavy atom. The first-order valence-electron chi connectivity index (χ1n) is 9.41. The second kappa shape index (κ2) is 10.2. The third-order valence-electron chi connectivity index (χ3n) is 4.20. The molecule has 0 aliphatic rings. The van der Waals surface area contributed by atoms with Gasteiger partial charge in [-0.25, -0.2) is 4.79 Å². The first-order valence-corrected chi connectivity index (χ1v) is 9.41. The number of hydrogen-bond donors (Lipinski definition) is 0. The van der Waals surface area contributed by atoms with Gasteiger partial charge in [-0.2, -0.15) is 0 Å². The molecule has 4 nitrogen and oxygen atoms in total. The second-order valence-corrected chi connectivity index (χ2v) is 6.20. The minimum atomic E-state index is -0.324. The number of rotatable bonds is 9. The second-order valence-electron chi connectivity index (χ2n) is 6.20. The lowest BCUT2D eigenvalue weighted by Gasteiger charge is -2.16. The Bertz CT molecular complexity index is 876. The van der Waals surface area contributed by atoms with Crippen LogP contribution in [0.1, 0.15) is 28.4 Å². The van der Waals surface area contributed by atoms with E-state index in [1.54, 1.807) is 12.1 Å². The molecule has 3 aromatic rings. The van der Waals surface area contributed by atoms with Gasteiger partial charge >= 0.3 is 5.97 Å². The summed E-state index contributed by atoms with van der Waals surface area (Å²) in [6.45, 7) is 3.21. The summed E-state index contributed by atoms with van der Waals surface area (Å²) >= 11 is 0. The van der Waals surface area contributed by atoms with E-state index < -0.39 is 0 Å². The van der Waals surface area contributed by atoms with Gasteiger partial charge in [0.2, 0.25) is 0 Å². The molecule has 0 aliphatic carbocycles. The molecule has 4 heteroatoms. The van der Waals surface area contributed by atoms with E-state index in [4.69, 9.17) is 14.2 Å². The Balaban J connectivity index is 1.64. The maximum Gasteiger partial charge on any atom is 0.338 e. The number of carbonyl (C=O) groups is 1. The zero-order valence-electron chi connectivity index (χ0n) is 16.0. The topological polar surface area (TPSA) is 44.8 Å². The predicted octanol–water partition coefficient (Wildman–Crippen LogP) is 5.06. The number of hydrogen-bond acceptors (Lipinski definition) is 4. The van der Waals surface area contributed by atoms with Crippen LogP contribution in [0.4, 0.5) is 0 Å². The van der Waals surface area contributed by atoms with E-state index >= 15 is 0 Å². The van der Waals surface area contributed by atoms with Crippen molar-refractivity contribution in [1.82, 2.24) is 0 Å². The third-order valence-corrected chi connectivity index (χ3v) is 4.20. The van der Waals surface area contributed by atoms with Gasteiger partial charge in [-0.05, 0) is 30.7 Å². The van der Waals surface area contributed by atoms with Crippen molar-refractivity contribution in [2.75, 3.05) is 13.2 Å². The maximum absolute atomic E-state index is 12.1. The Morgan fingerprint density at radius 2 is 1.54 bits per heavy atom. The first kappa shape index (κ1) is 19.5. The lowest BCUT2D eigenvalue weighted by molar-refractivity contribution is 0.0508. The van der Waals surface area contributed by atoms with E-state index in [1.807, 2.05) is 73.7 Å². The molecule has 0 N–H and O–H groups in total. The van der Waals surface area contributed by atoms with Crippen molar-refractivity contribution in [3.63, 3.8) is 0 Å². The van der Waals surface area contributed by atoms with Crippen molar-refractivity contribution < 1.29 is 19.0 Å². The molecule has 0 radical (unpaired) electrons. The van der Waals surface area contributed by atoms with Crippen LogP contribution in [-0.2, 0) is 17.8 Å². The zero-order valence-corrected chi connectivity index (χ0v) is 16.0. The standard InChI is InChI=1S/C24H24O4/c1-2-26-23-20(16-17-27-24(25)21-12-7-4-8-13-21)14-9-15-22(23)28-18-19-10-5-3-6-11-19/h3-15H,2,16-18H2,1H3. The molecule has 0 atom stereocenters. The van der Waals surface area contributed by atoms with Gasteiger partial charge in [-0.3, -0.25) is 0 Å². The molecule has 0 bridgehead atoms. The van der Waals surface area contributed by atoms with Crippen LogP contribution in [0.5, 0.6) is 11.5 Å². The molecular formula is C24H24O4. The summed E-state index contributed by atoms with van der Waals surface area (Å²) in [5, 5.41) is 0. The fourth-order valence-corrected chi connectivity index (χ4v) is 2.83. The van der Waals surface area contributed by atoms with E-state index in [-0.39, 0.29) is 12.6 Å². The summed E-state index contributed by atoms with van der Waals surface area (Å²) in [6.07, 6.45) is 0.552. The van der Waals surface area contributed by atoms with Crippen molar-refractivity contribution in [3.8, 4) is 11.5 Å². The van der Waals surface area contributed by atoms with Gasteiger partial charge in [0, 0.05) is 12.0 Å². The van der Waals surface area contributed by atoms with Gasteiger partial charge in [0.15, 0.2) is 11.5 Å². The summed E-state index contributed by atoms with van der Waals surface area (Å²) in [7, 11) is 0. The Hall–Kier alpha value is -3.27. The van der Waals surface area contributed by atoms with Crippen molar-refractivity contribution in [3.05, 3.63) is 95.6 Å². The molecule has 0 aliphatic heterocycles. The molecule has 0 unspecified atom stereocenters. The highest BCUT2D eigenvalue weighted by Gasteiger charge is 2.13. The van der Waals surface area contributed by atoms with Gasteiger partial charge in [-0.15, -0.1) is 0 Å². The summed E-state index contributed by atoms with van der Waals surface area (Å²) in [5.74, 6) is 1.07. The van der Waals surface area contributed by atoms with Crippen LogP contribution in [0.2, 0.25) is 0 Å². The van der Waals surface area contributed by atoms with E-state index in [1.165, 1.54) is 0 Å². The van der Waals surface area contributed by atoms with Crippen LogP contribution in [0, 0.1) is 0 Å². The maximum atomic E-state index is 12.1. The largest absolute Gasteiger partial charge is 0.490 e. The highest BCUT2D eigenvalue weighted by molar-refractivity contribution is 5.89. The zero-order chi connectivity index (χ0) is 19.6. The average Bonchev–Trinajstić information content (AvgIpc) is 2.75. The molecular weight excluding hydrogens is 352 g/mol. The van der Waals surface area contributed by atoms with Crippen LogP contribution in [0.3, 0.4) is 0 Å². The van der Waals surface area contributed by atoms with Crippen LogP contribution >= 0.6 is 0 Å². The van der Waals surface area contributed by atoms with Crippen LogP contribution in [0.15, 0.2) is 78.9 Å². The van der Waals surface area contributed by atoms with Crippen LogP contribution in [0.25, 0.3) is 0 Å². The molecule has 3 rings (SSSR count). The van der Waals surface area contributed by atoms with Crippen molar-refractivity contribution in [1.29, 1.82) is 0 Å². The van der Waals surface area contributed by atoms with E-state index in [9.17, 15) is 4.79 Å². The fourth-order valence-electron chi connectivity index (χ4n) is 2.83. The third kappa shape index (κ3) is 5.36. The highest BCUT2D eigenvalue weighted by atomic mass is 16.5. The molecule has 0 aromatic heterocycles. The van der Waals surface area contributed by atoms with E-state index in [0.717, 1.165) is 11.1 Å². The summed E-state index contributed by atoms with van der Waals surface area (Å²) in [6, 6.07) is 24.8. The number of benzene rings is 3. The highest BCUT2D eigenvalue weighted by Crippen LogP contribution is 2.32. The van der Waals surface area contributed by atoms with Gasteiger partial charge in [0.1, 0.15) is 6.61 Å². The average molecular weight is 376 g/mol. The van der Waals surface area contributed by atoms with Crippen LogP contribution < -0.4 is 9.47 Å². The molecule has 0 saturated carbocycles. The summed E-state index contributed by atoms with van der Waals surface area (Å²) in [5.41, 5.74) is 2.59. The fraction of sp³-hybridized carbons (Fsp3) is 0.208. The normalized spacial score (nSPS) is 10.3. The monoisotopic (exact) mass is 376 g/mol. The van der Waals surface area contributed by atoms with E-state index in [0.29, 0.717) is 36.7 Å². The Morgan fingerprint density at radius 1 is 0.821 bits per heavy atom. The molecule has 144 valence electrons. The smallest absolute Gasteiger partial charge is 0.338 e. The Labute approximate surface area is 165 Å². The Kier molecular flexibility index (Phi) is 7.08. The van der Waals surface area contributed by atoms with Crippen molar-refractivity contribution in [2.24, 2.45) is 0 Å². The molecule has 3 aromatic carbocycles. The lowest BCUT2D eigenvalue weighted by Crippen LogP contribution is -2.09. The van der Waals surface area contributed by atoms with E-state index in [2.05, 4.69) is 0 Å². The number of para-hydroxylation sites is 1. The van der Waals surface area contributed by atoms with Gasteiger partial charge in [0.05, 0.1) is 18.8 Å². The molecule has 0 amide bonds. The van der Waals surface area contributed by atoms with Gasteiger partial charge in [-0.1, -0.05) is 60.7 Å². The molecule has 28 heavy (non-hydrogen) atoms. The minimum Gasteiger partial charge on any atom is -0.490 e. The quantitative estimate of drug-likeness (QED) is 0.490. The van der Waals surface area contributed by atoms with Gasteiger partial charge in [0.25, 0.3) is 0 Å². The van der Waals surface area contributed by atoms with Crippen LogP contribution in [-0.4, -0.2) is 19.2 Å². The first-order chi connectivity index (χ1) is 13.8. The molecule has 0 saturated heterocycles.